The van der Waals surface area contributed by atoms with Gasteiger partial charge in [0.15, 0.2) is 0 Å². The molecule has 160 valence electrons. The Balaban J connectivity index is 1.39. The van der Waals surface area contributed by atoms with Crippen LogP contribution >= 0.6 is 0 Å². The minimum Gasteiger partial charge on any atom is -0.352 e. The predicted molar refractivity (Wildman–Crippen MR) is 122 cm³/mol. The van der Waals surface area contributed by atoms with Crippen LogP contribution in [0.3, 0.4) is 0 Å². The van der Waals surface area contributed by atoms with Crippen LogP contribution in [-0.2, 0) is 4.79 Å². The first-order valence-electron chi connectivity index (χ1n) is 11.6. The van der Waals surface area contributed by atoms with E-state index in [0.29, 0.717) is 6.04 Å². The van der Waals surface area contributed by atoms with E-state index >= 15 is 0 Å². The number of rotatable bonds is 6. The highest BCUT2D eigenvalue weighted by atomic mass is 16.2. The van der Waals surface area contributed by atoms with Gasteiger partial charge < -0.3 is 5.32 Å². The maximum Gasteiger partial charge on any atom is 0.237 e. The zero-order chi connectivity index (χ0) is 20.8. The lowest BCUT2D eigenvalue weighted by molar-refractivity contribution is -0.127. The molecule has 2 aromatic rings. The van der Waals surface area contributed by atoms with Crippen molar-refractivity contribution in [2.75, 3.05) is 26.2 Å². The number of benzene rings is 2. The summed E-state index contributed by atoms with van der Waals surface area (Å²) in [7, 11) is 0. The van der Waals surface area contributed by atoms with E-state index in [1.54, 1.807) is 0 Å². The average molecular weight is 406 g/mol. The minimum atomic E-state index is -0.0547. The summed E-state index contributed by atoms with van der Waals surface area (Å²) in [5.41, 5.74) is 2.67. The van der Waals surface area contributed by atoms with Crippen LogP contribution in [0.2, 0.25) is 0 Å². The van der Waals surface area contributed by atoms with Gasteiger partial charge in [0.05, 0.1) is 12.1 Å². The highest BCUT2D eigenvalue weighted by molar-refractivity contribution is 5.81. The average Bonchev–Trinajstić information content (AvgIpc) is 2.81. The first-order valence-corrected chi connectivity index (χ1v) is 11.6. The molecule has 1 saturated carbocycles. The molecule has 1 aliphatic carbocycles. The van der Waals surface area contributed by atoms with E-state index in [0.717, 1.165) is 39.0 Å². The molecule has 4 heteroatoms. The SMILES string of the molecule is CC(C(=O)NC1CCCCC1)N1CCN(C(c2ccccc2)c2ccccc2)CC1. The van der Waals surface area contributed by atoms with Crippen molar-refractivity contribution >= 4 is 5.91 Å². The second kappa shape index (κ2) is 10.2. The molecule has 1 aliphatic heterocycles. The molecule has 0 bridgehead atoms. The second-order valence-electron chi connectivity index (χ2n) is 8.82. The second-order valence-corrected chi connectivity index (χ2v) is 8.82. The Morgan fingerprint density at radius 2 is 1.30 bits per heavy atom. The summed E-state index contributed by atoms with van der Waals surface area (Å²) in [4.78, 5) is 17.7. The number of piperazine rings is 1. The molecule has 30 heavy (non-hydrogen) atoms. The van der Waals surface area contributed by atoms with Crippen molar-refractivity contribution in [3.05, 3.63) is 71.8 Å². The highest BCUT2D eigenvalue weighted by Crippen LogP contribution is 2.29. The van der Waals surface area contributed by atoms with Crippen LogP contribution < -0.4 is 5.32 Å². The molecular weight excluding hydrogens is 370 g/mol. The number of nitrogens with one attached hydrogen (secondary N) is 1. The molecule has 1 amide bonds. The van der Waals surface area contributed by atoms with Gasteiger partial charge in [-0.1, -0.05) is 79.9 Å². The molecule has 4 nitrogen and oxygen atoms in total. The van der Waals surface area contributed by atoms with Crippen LogP contribution in [-0.4, -0.2) is 54.0 Å². The Morgan fingerprint density at radius 1 is 0.800 bits per heavy atom. The van der Waals surface area contributed by atoms with Crippen molar-refractivity contribution in [3.8, 4) is 0 Å². The smallest absolute Gasteiger partial charge is 0.237 e. The van der Waals surface area contributed by atoms with Crippen LogP contribution in [0.25, 0.3) is 0 Å². The third kappa shape index (κ3) is 5.11. The number of hydrogen-bond acceptors (Lipinski definition) is 3. The van der Waals surface area contributed by atoms with Crippen LogP contribution in [0.1, 0.15) is 56.2 Å². The summed E-state index contributed by atoms with van der Waals surface area (Å²) >= 11 is 0. The summed E-state index contributed by atoms with van der Waals surface area (Å²) in [6, 6.07) is 22.2. The Morgan fingerprint density at radius 3 is 1.83 bits per heavy atom. The van der Waals surface area contributed by atoms with Gasteiger partial charge in [-0.25, -0.2) is 0 Å². The zero-order valence-corrected chi connectivity index (χ0v) is 18.2. The van der Waals surface area contributed by atoms with E-state index in [2.05, 4.69) is 82.7 Å². The topological polar surface area (TPSA) is 35.6 Å². The van der Waals surface area contributed by atoms with E-state index in [4.69, 9.17) is 0 Å². The van der Waals surface area contributed by atoms with Gasteiger partial charge in [0.1, 0.15) is 0 Å². The Kier molecular flexibility index (Phi) is 7.19. The van der Waals surface area contributed by atoms with Crippen molar-refractivity contribution in [3.63, 3.8) is 0 Å². The number of carbonyl (C=O) groups is 1. The number of hydrogen-bond donors (Lipinski definition) is 1. The van der Waals surface area contributed by atoms with Crippen molar-refractivity contribution in [2.24, 2.45) is 0 Å². The molecule has 2 aliphatic rings. The maximum absolute atomic E-state index is 12.8. The lowest BCUT2D eigenvalue weighted by Gasteiger charge is -2.41. The van der Waals surface area contributed by atoms with Crippen molar-refractivity contribution in [1.82, 2.24) is 15.1 Å². The number of carbonyl (C=O) groups excluding carboxylic acids is 1. The summed E-state index contributed by atoms with van der Waals surface area (Å²) < 4.78 is 0. The standard InChI is InChI=1S/C26H35N3O/c1-21(26(30)27-24-15-9-4-10-16-24)28-17-19-29(20-18-28)25(22-11-5-2-6-12-22)23-13-7-3-8-14-23/h2-3,5-8,11-14,21,24-25H,4,9-10,15-20H2,1H3,(H,27,30). The van der Waals surface area contributed by atoms with Gasteiger partial charge >= 0.3 is 0 Å². The third-order valence-corrected chi connectivity index (χ3v) is 6.82. The van der Waals surface area contributed by atoms with E-state index in [1.807, 2.05) is 0 Å². The quantitative estimate of drug-likeness (QED) is 0.781. The largest absolute Gasteiger partial charge is 0.352 e. The normalized spacial score (nSPS) is 20.2. The van der Waals surface area contributed by atoms with Gasteiger partial charge in [-0.3, -0.25) is 14.6 Å². The summed E-state index contributed by atoms with van der Waals surface area (Å²) in [6.45, 7) is 5.86. The molecule has 4 rings (SSSR count). The van der Waals surface area contributed by atoms with Crippen molar-refractivity contribution in [1.29, 1.82) is 0 Å². The fourth-order valence-corrected chi connectivity index (χ4v) is 5.00. The van der Waals surface area contributed by atoms with Crippen LogP contribution in [0.4, 0.5) is 0 Å². The molecule has 0 aromatic heterocycles. The monoisotopic (exact) mass is 405 g/mol. The highest BCUT2D eigenvalue weighted by Gasteiger charge is 2.30. The molecule has 1 heterocycles. The zero-order valence-electron chi connectivity index (χ0n) is 18.2. The fourth-order valence-electron chi connectivity index (χ4n) is 5.00. The van der Waals surface area contributed by atoms with Crippen LogP contribution in [0.5, 0.6) is 0 Å². The van der Waals surface area contributed by atoms with Gasteiger partial charge in [-0.2, -0.15) is 0 Å². The molecule has 2 aromatic carbocycles. The Labute approximate surface area is 181 Å². The van der Waals surface area contributed by atoms with E-state index in [1.165, 1.54) is 30.4 Å². The molecule has 1 N–H and O–H groups in total. The summed E-state index contributed by atoms with van der Waals surface area (Å²) in [5.74, 6) is 0.206. The molecule has 1 unspecified atom stereocenters. The van der Waals surface area contributed by atoms with Gasteiger partial charge in [0.2, 0.25) is 5.91 Å². The lowest BCUT2D eigenvalue weighted by Crippen LogP contribution is -2.55. The summed E-state index contributed by atoms with van der Waals surface area (Å²) in [5, 5.41) is 3.31. The first-order chi connectivity index (χ1) is 14.7. The van der Waals surface area contributed by atoms with E-state index in [-0.39, 0.29) is 18.0 Å². The third-order valence-electron chi connectivity index (χ3n) is 6.82. The molecule has 1 atom stereocenters. The van der Waals surface area contributed by atoms with Crippen molar-refractivity contribution in [2.45, 2.75) is 57.2 Å². The lowest BCUT2D eigenvalue weighted by atomic mass is 9.95. The van der Waals surface area contributed by atoms with Gasteiger partial charge in [-0.15, -0.1) is 0 Å². The fraction of sp³-hybridized carbons (Fsp3) is 0.500. The first kappa shape index (κ1) is 21.1. The van der Waals surface area contributed by atoms with E-state index < -0.39 is 0 Å². The molecule has 2 fully saturated rings. The van der Waals surface area contributed by atoms with Crippen molar-refractivity contribution < 1.29 is 4.79 Å². The van der Waals surface area contributed by atoms with Crippen LogP contribution in [0, 0.1) is 0 Å². The van der Waals surface area contributed by atoms with Gasteiger partial charge in [-0.05, 0) is 30.9 Å². The Hall–Kier alpha value is -2.17. The summed E-state index contributed by atoms with van der Waals surface area (Å²) in [6.07, 6.45) is 6.09. The molecule has 0 spiro atoms. The minimum absolute atomic E-state index is 0.0547. The van der Waals surface area contributed by atoms with E-state index in [9.17, 15) is 4.79 Å². The van der Waals surface area contributed by atoms with Gasteiger partial charge in [0, 0.05) is 32.2 Å². The predicted octanol–water partition coefficient (Wildman–Crippen LogP) is 4.23. The maximum atomic E-state index is 12.8. The molecule has 0 radical (unpaired) electrons. The number of amides is 1. The molecular formula is C26H35N3O. The van der Waals surface area contributed by atoms with Gasteiger partial charge in [0.25, 0.3) is 0 Å². The van der Waals surface area contributed by atoms with Crippen LogP contribution in [0.15, 0.2) is 60.7 Å². The Bertz CT molecular complexity index is 741. The molecule has 1 saturated heterocycles. The number of nitrogens with zero attached hydrogens (tertiary/aromatic N) is 2.